The molecule has 2 rings (SSSR count). The number of anilines is 1. The highest BCUT2D eigenvalue weighted by Crippen LogP contribution is 2.33. The minimum atomic E-state index is 0.634. The summed E-state index contributed by atoms with van der Waals surface area (Å²) in [7, 11) is 0. The van der Waals surface area contributed by atoms with Gasteiger partial charge in [0.1, 0.15) is 0 Å². The summed E-state index contributed by atoms with van der Waals surface area (Å²) in [5.74, 6) is 1.22. The molecule has 1 saturated carbocycles. The Kier molecular flexibility index (Phi) is 4.14. The lowest BCUT2D eigenvalue weighted by Crippen LogP contribution is -2.26. The van der Waals surface area contributed by atoms with Gasteiger partial charge < -0.3 is 5.32 Å². The van der Waals surface area contributed by atoms with Gasteiger partial charge in [0, 0.05) is 16.2 Å². The van der Waals surface area contributed by atoms with Gasteiger partial charge in [0.15, 0.2) is 5.13 Å². The van der Waals surface area contributed by atoms with Crippen molar-refractivity contribution in [3.05, 3.63) is 10.6 Å². The lowest BCUT2D eigenvalue weighted by Gasteiger charge is -2.19. The van der Waals surface area contributed by atoms with Crippen LogP contribution in [-0.2, 0) is 0 Å². The fourth-order valence-electron chi connectivity index (χ4n) is 2.20. The Morgan fingerprint density at radius 1 is 1.44 bits per heavy atom. The van der Waals surface area contributed by atoms with Crippen molar-refractivity contribution >= 4 is 28.2 Å². The summed E-state index contributed by atoms with van der Waals surface area (Å²) >= 11 is 3.88. The number of nitrogens with one attached hydrogen (secondary N) is 1. The molecule has 1 aromatic heterocycles. The van der Waals surface area contributed by atoms with Crippen molar-refractivity contribution in [3.63, 3.8) is 0 Å². The third-order valence-electron chi connectivity index (χ3n) is 3.17. The summed E-state index contributed by atoms with van der Waals surface area (Å²) < 4.78 is 0. The van der Waals surface area contributed by atoms with E-state index in [0.717, 1.165) is 10.4 Å². The van der Waals surface area contributed by atoms with Crippen molar-refractivity contribution < 1.29 is 0 Å². The number of hydrogen-bond donors (Lipinski definition) is 1. The molecule has 4 heteroatoms. The molecule has 1 heterocycles. The summed E-state index contributed by atoms with van der Waals surface area (Å²) in [6.07, 6.45) is 4.02. The molecule has 2 nitrogen and oxygen atoms in total. The van der Waals surface area contributed by atoms with Crippen LogP contribution in [0, 0.1) is 13.8 Å². The molecule has 0 aliphatic heterocycles. The van der Waals surface area contributed by atoms with E-state index in [9.17, 15) is 0 Å². The molecular weight excluding hydrogens is 236 g/mol. The molecule has 1 aliphatic rings. The van der Waals surface area contributed by atoms with E-state index in [2.05, 4.69) is 42.8 Å². The highest BCUT2D eigenvalue weighted by atomic mass is 32.2. The first-order chi connectivity index (χ1) is 7.70. The topological polar surface area (TPSA) is 24.9 Å². The number of hydrogen-bond acceptors (Lipinski definition) is 4. The first kappa shape index (κ1) is 12.2. The number of nitrogens with zero attached hydrogens (tertiary/aromatic N) is 1. The molecule has 0 spiro atoms. The molecule has 0 aromatic carbocycles. The lowest BCUT2D eigenvalue weighted by molar-refractivity contribution is 0.766. The zero-order valence-electron chi connectivity index (χ0n) is 10.2. The summed E-state index contributed by atoms with van der Waals surface area (Å²) in [4.78, 5) is 5.90. The van der Waals surface area contributed by atoms with Gasteiger partial charge in [-0.1, -0.05) is 13.3 Å². The average molecular weight is 256 g/mol. The largest absolute Gasteiger partial charge is 0.358 e. The van der Waals surface area contributed by atoms with Gasteiger partial charge in [-0.25, -0.2) is 4.98 Å². The second-order valence-electron chi connectivity index (χ2n) is 4.34. The van der Waals surface area contributed by atoms with E-state index in [1.165, 1.54) is 35.6 Å². The van der Waals surface area contributed by atoms with E-state index in [1.807, 2.05) is 0 Å². The van der Waals surface area contributed by atoms with Crippen LogP contribution in [-0.4, -0.2) is 22.0 Å². The zero-order valence-corrected chi connectivity index (χ0v) is 11.9. The van der Waals surface area contributed by atoms with Crippen molar-refractivity contribution in [3.8, 4) is 0 Å². The summed E-state index contributed by atoms with van der Waals surface area (Å²) in [5, 5.41) is 5.53. The van der Waals surface area contributed by atoms with Crippen LogP contribution in [0.1, 0.15) is 36.8 Å². The van der Waals surface area contributed by atoms with Gasteiger partial charge in [0.2, 0.25) is 0 Å². The van der Waals surface area contributed by atoms with Crippen LogP contribution >= 0.6 is 23.1 Å². The monoisotopic (exact) mass is 256 g/mol. The molecule has 0 amide bonds. The zero-order chi connectivity index (χ0) is 11.5. The third-order valence-corrected chi connectivity index (χ3v) is 5.50. The van der Waals surface area contributed by atoms with E-state index in [1.54, 1.807) is 11.3 Å². The second-order valence-corrected chi connectivity index (χ2v) is 7.06. The standard InChI is InChI=1S/C12H20N2S2/c1-4-15-11-7-5-6-10(11)14-12-13-8(2)9(3)16-12/h10-11H,4-7H2,1-3H3,(H,13,14). The minimum absolute atomic E-state index is 0.634. The Balaban J connectivity index is 1.98. The normalized spacial score (nSPS) is 24.9. The molecule has 1 aliphatic carbocycles. The molecule has 0 bridgehead atoms. The van der Waals surface area contributed by atoms with Gasteiger partial charge in [0.25, 0.3) is 0 Å². The van der Waals surface area contributed by atoms with Crippen LogP contribution in [0.15, 0.2) is 0 Å². The molecule has 1 fully saturated rings. The predicted octanol–water partition coefficient (Wildman–Crippen LogP) is 3.85. The Bertz CT molecular complexity index is 329. The van der Waals surface area contributed by atoms with Crippen LogP contribution in [0.2, 0.25) is 0 Å². The van der Waals surface area contributed by atoms with Gasteiger partial charge in [-0.3, -0.25) is 0 Å². The van der Waals surface area contributed by atoms with Crippen molar-refractivity contribution in [2.75, 3.05) is 11.1 Å². The summed E-state index contributed by atoms with van der Waals surface area (Å²) in [5.41, 5.74) is 1.17. The third kappa shape index (κ3) is 2.72. The lowest BCUT2D eigenvalue weighted by atomic mass is 10.2. The first-order valence-corrected chi connectivity index (χ1v) is 7.89. The maximum atomic E-state index is 4.57. The Labute approximate surface area is 106 Å². The Morgan fingerprint density at radius 3 is 2.88 bits per heavy atom. The first-order valence-electron chi connectivity index (χ1n) is 6.03. The van der Waals surface area contributed by atoms with E-state index in [0.29, 0.717) is 6.04 Å². The number of aryl methyl sites for hydroxylation is 2. The number of rotatable bonds is 4. The maximum Gasteiger partial charge on any atom is 0.183 e. The van der Waals surface area contributed by atoms with Crippen LogP contribution in [0.5, 0.6) is 0 Å². The fourth-order valence-corrected chi connectivity index (χ4v) is 4.27. The predicted molar refractivity (Wildman–Crippen MR) is 74.8 cm³/mol. The Morgan fingerprint density at radius 2 is 2.25 bits per heavy atom. The van der Waals surface area contributed by atoms with Gasteiger partial charge >= 0.3 is 0 Å². The summed E-state index contributed by atoms with van der Waals surface area (Å²) in [6, 6.07) is 0.634. The van der Waals surface area contributed by atoms with Gasteiger partial charge in [0.05, 0.1) is 5.69 Å². The summed E-state index contributed by atoms with van der Waals surface area (Å²) in [6.45, 7) is 6.48. The molecule has 2 atom stereocenters. The smallest absolute Gasteiger partial charge is 0.183 e. The van der Waals surface area contributed by atoms with Crippen LogP contribution in [0.25, 0.3) is 0 Å². The second kappa shape index (κ2) is 5.41. The molecule has 0 saturated heterocycles. The van der Waals surface area contributed by atoms with Crippen LogP contribution < -0.4 is 5.32 Å². The Hall–Kier alpha value is -0.220. The molecule has 1 N–H and O–H groups in total. The molecule has 16 heavy (non-hydrogen) atoms. The van der Waals surface area contributed by atoms with Crippen molar-refractivity contribution in [1.29, 1.82) is 0 Å². The van der Waals surface area contributed by atoms with E-state index in [-0.39, 0.29) is 0 Å². The van der Waals surface area contributed by atoms with E-state index < -0.39 is 0 Å². The minimum Gasteiger partial charge on any atom is -0.358 e. The van der Waals surface area contributed by atoms with Crippen molar-refractivity contribution in [2.24, 2.45) is 0 Å². The SMILES string of the molecule is CCSC1CCCC1Nc1nc(C)c(C)s1. The number of aromatic nitrogens is 1. The number of thioether (sulfide) groups is 1. The van der Waals surface area contributed by atoms with E-state index >= 15 is 0 Å². The molecule has 0 radical (unpaired) electrons. The van der Waals surface area contributed by atoms with Gasteiger partial charge in [-0.15, -0.1) is 11.3 Å². The molecular formula is C12H20N2S2. The van der Waals surface area contributed by atoms with Crippen molar-refractivity contribution in [2.45, 2.75) is 51.3 Å². The van der Waals surface area contributed by atoms with Crippen molar-refractivity contribution in [1.82, 2.24) is 4.98 Å². The molecule has 90 valence electrons. The van der Waals surface area contributed by atoms with Crippen LogP contribution in [0.4, 0.5) is 5.13 Å². The fraction of sp³-hybridized carbons (Fsp3) is 0.750. The van der Waals surface area contributed by atoms with Gasteiger partial charge in [-0.05, 0) is 32.4 Å². The highest BCUT2D eigenvalue weighted by molar-refractivity contribution is 7.99. The number of thiazole rings is 1. The maximum absolute atomic E-state index is 4.57. The van der Waals surface area contributed by atoms with Gasteiger partial charge in [-0.2, -0.15) is 11.8 Å². The quantitative estimate of drug-likeness (QED) is 0.886. The molecule has 1 aromatic rings. The van der Waals surface area contributed by atoms with E-state index in [4.69, 9.17) is 0 Å². The highest BCUT2D eigenvalue weighted by Gasteiger charge is 2.27. The van der Waals surface area contributed by atoms with Crippen LogP contribution in [0.3, 0.4) is 0 Å². The molecule has 2 unspecified atom stereocenters. The average Bonchev–Trinajstić information content (AvgIpc) is 2.77.